The molecular weight excluding hydrogens is 214 g/mol. The number of carbonyl (C=O) groups is 1. The lowest BCUT2D eigenvalue weighted by Crippen LogP contribution is -2.33. The van der Waals surface area contributed by atoms with Gasteiger partial charge in [0, 0.05) is 0 Å². The average molecular weight is 236 g/mol. The molecule has 1 aliphatic rings. The molecule has 1 fully saturated rings. The Labute approximate surface area is 98.4 Å². The van der Waals surface area contributed by atoms with Crippen LogP contribution in [0, 0.1) is 11.3 Å². The van der Waals surface area contributed by atoms with Gasteiger partial charge in [0.1, 0.15) is 0 Å². The lowest BCUT2D eigenvalue weighted by atomic mass is 9.79. The fourth-order valence-electron chi connectivity index (χ4n) is 2.17. The van der Waals surface area contributed by atoms with Crippen molar-refractivity contribution in [1.82, 2.24) is 5.32 Å². The second-order valence-corrected chi connectivity index (χ2v) is 4.77. The Kier molecular flexibility index (Phi) is 6.22. The number of hydrogen-bond donors (Lipinski definition) is 1. The molecule has 0 aromatic heterocycles. The van der Waals surface area contributed by atoms with Gasteiger partial charge in [-0.25, -0.2) is 0 Å². The van der Waals surface area contributed by atoms with E-state index in [9.17, 15) is 4.79 Å². The molecule has 0 bridgehead atoms. The molecule has 0 amide bonds. The summed E-state index contributed by atoms with van der Waals surface area (Å²) in [5.74, 6) is 0.585. The van der Waals surface area contributed by atoms with E-state index in [0.717, 1.165) is 19.5 Å². The Hall–Kier alpha value is -0.280. The second kappa shape index (κ2) is 6.33. The van der Waals surface area contributed by atoms with Crippen LogP contribution in [0.25, 0.3) is 0 Å². The molecule has 0 aromatic carbocycles. The first-order valence-corrected chi connectivity index (χ1v) is 5.35. The summed E-state index contributed by atoms with van der Waals surface area (Å²) in [7, 11) is 1.46. The Morgan fingerprint density at radius 1 is 1.40 bits per heavy atom. The average Bonchev–Trinajstić information content (AvgIpc) is 2.17. The lowest BCUT2D eigenvalue weighted by molar-refractivity contribution is -0.151. The van der Waals surface area contributed by atoms with E-state index in [1.807, 2.05) is 13.8 Å². The van der Waals surface area contributed by atoms with Gasteiger partial charge in [0.25, 0.3) is 0 Å². The van der Waals surface area contributed by atoms with Gasteiger partial charge in [-0.2, -0.15) is 0 Å². The van der Waals surface area contributed by atoms with Crippen molar-refractivity contribution in [3.63, 3.8) is 0 Å². The standard InChI is InChI=1S/C11H21NO2.ClH/c1-11(2,10(13)14-3)8-9-4-6-12-7-5-9;/h9,12H,4-8H2,1-3H3;1H. The van der Waals surface area contributed by atoms with Gasteiger partial charge in [-0.1, -0.05) is 0 Å². The molecular formula is C11H22ClNO2. The maximum atomic E-state index is 11.5. The smallest absolute Gasteiger partial charge is 0.311 e. The van der Waals surface area contributed by atoms with Crippen LogP contribution < -0.4 is 5.32 Å². The summed E-state index contributed by atoms with van der Waals surface area (Å²) in [5, 5.41) is 3.33. The number of piperidine rings is 1. The molecule has 90 valence electrons. The summed E-state index contributed by atoms with van der Waals surface area (Å²) in [4.78, 5) is 11.5. The van der Waals surface area contributed by atoms with E-state index in [-0.39, 0.29) is 23.8 Å². The summed E-state index contributed by atoms with van der Waals surface area (Å²) in [6.07, 6.45) is 3.31. The van der Waals surface area contributed by atoms with E-state index >= 15 is 0 Å². The normalized spacial score (nSPS) is 18.1. The largest absolute Gasteiger partial charge is 0.469 e. The zero-order valence-electron chi connectivity index (χ0n) is 9.84. The van der Waals surface area contributed by atoms with Gasteiger partial charge in [0.15, 0.2) is 0 Å². The van der Waals surface area contributed by atoms with Gasteiger partial charge in [-0.15, -0.1) is 12.4 Å². The van der Waals surface area contributed by atoms with E-state index in [2.05, 4.69) is 5.32 Å². The van der Waals surface area contributed by atoms with Crippen molar-refractivity contribution in [2.45, 2.75) is 33.1 Å². The number of esters is 1. The predicted molar refractivity (Wildman–Crippen MR) is 63.3 cm³/mol. The Morgan fingerprint density at radius 3 is 2.40 bits per heavy atom. The molecule has 1 heterocycles. The first kappa shape index (κ1) is 14.7. The Balaban J connectivity index is 0.00000196. The van der Waals surface area contributed by atoms with Crippen LogP contribution in [0.4, 0.5) is 0 Å². The highest BCUT2D eigenvalue weighted by molar-refractivity contribution is 5.85. The molecule has 3 nitrogen and oxygen atoms in total. The number of rotatable bonds is 3. The fourth-order valence-corrected chi connectivity index (χ4v) is 2.17. The van der Waals surface area contributed by atoms with Gasteiger partial charge < -0.3 is 10.1 Å². The van der Waals surface area contributed by atoms with E-state index in [4.69, 9.17) is 4.74 Å². The Bertz CT molecular complexity index is 201. The zero-order chi connectivity index (χ0) is 10.6. The van der Waals surface area contributed by atoms with Crippen LogP contribution in [0.15, 0.2) is 0 Å². The van der Waals surface area contributed by atoms with Crippen molar-refractivity contribution in [3.8, 4) is 0 Å². The number of halogens is 1. The summed E-state index contributed by atoms with van der Waals surface area (Å²) in [6.45, 7) is 6.12. The molecule has 1 rings (SSSR count). The van der Waals surface area contributed by atoms with Gasteiger partial charge in [0.05, 0.1) is 12.5 Å². The highest BCUT2D eigenvalue weighted by atomic mass is 35.5. The van der Waals surface area contributed by atoms with Gasteiger partial charge in [0.2, 0.25) is 0 Å². The third-order valence-electron chi connectivity index (χ3n) is 3.00. The quantitative estimate of drug-likeness (QED) is 0.761. The summed E-state index contributed by atoms with van der Waals surface area (Å²) < 4.78 is 4.80. The van der Waals surface area contributed by atoms with E-state index in [1.54, 1.807) is 0 Å². The van der Waals surface area contributed by atoms with Crippen LogP contribution in [0.5, 0.6) is 0 Å². The van der Waals surface area contributed by atoms with Crippen molar-refractivity contribution < 1.29 is 9.53 Å². The van der Waals surface area contributed by atoms with E-state index < -0.39 is 0 Å². The SMILES string of the molecule is COC(=O)C(C)(C)CC1CCNCC1.Cl. The molecule has 0 aromatic rings. The van der Waals surface area contributed by atoms with Crippen LogP contribution in [-0.4, -0.2) is 26.2 Å². The van der Waals surface area contributed by atoms with Crippen molar-refractivity contribution in [3.05, 3.63) is 0 Å². The molecule has 0 aliphatic carbocycles. The van der Waals surface area contributed by atoms with Crippen molar-refractivity contribution in [2.24, 2.45) is 11.3 Å². The maximum absolute atomic E-state index is 11.5. The maximum Gasteiger partial charge on any atom is 0.311 e. The molecule has 1 saturated heterocycles. The van der Waals surface area contributed by atoms with E-state index in [1.165, 1.54) is 20.0 Å². The van der Waals surface area contributed by atoms with E-state index in [0.29, 0.717) is 5.92 Å². The molecule has 0 saturated carbocycles. The topological polar surface area (TPSA) is 38.3 Å². The first-order chi connectivity index (χ1) is 6.56. The predicted octanol–water partition coefficient (Wildman–Crippen LogP) is 2.00. The Morgan fingerprint density at radius 2 is 1.93 bits per heavy atom. The summed E-state index contributed by atoms with van der Waals surface area (Å²) in [5.41, 5.74) is -0.323. The van der Waals surface area contributed by atoms with Gasteiger partial charge in [-0.05, 0) is 52.1 Å². The van der Waals surface area contributed by atoms with Crippen molar-refractivity contribution in [2.75, 3.05) is 20.2 Å². The van der Waals surface area contributed by atoms with Crippen LogP contribution in [0.2, 0.25) is 0 Å². The number of methoxy groups -OCH3 is 1. The number of ether oxygens (including phenoxy) is 1. The van der Waals surface area contributed by atoms with Gasteiger partial charge >= 0.3 is 5.97 Å². The highest BCUT2D eigenvalue weighted by Crippen LogP contribution is 2.30. The molecule has 0 radical (unpaired) electrons. The molecule has 1 N–H and O–H groups in total. The van der Waals surface area contributed by atoms with Gasteiger partial charge in [-0.3, -0.25) is 4.79 Å². The van der Waals surface area contributed by atoms with Crippen molar-refractivity contribution >= 4 is 18.4 Å². The molecule has 1 aliphatic heterocycles. The number of nitrogens with one attached hydrogen (secondary N) is 1. The molecule has 4 heteroatoms. The van der Waals surface area contributed by atoms with Crippen LogP contribution in [0.3, 0.4) is 0 Å². The minimum atomic E-state index is -0.323. The highest BCUT2D eigenvalue weighted by Gasteiger charge is 2.32. The third kappa shape index (κ3) is 4.39. The molecule has 0 unspecified atom stereocenters. The molecule has 0 atom stereocenters. The third-order valence-corrected chi connectivity index (χ3v) is 3.00. The minimum Gasteiger partial charge on any atom is -0.469 e. The summed E-state index contributed by atoms with van der Waals surface area (Å²) in [6, 6.07) is 0. The monoisotopic (exact) mass is 235 g/mol. The fraction of sp³-hybridized carbons (Fsp3) is 0.909. The molecule has 15 heavy (non-hydrogen) atoms. The summed E-state index contributed by atoms with van der Waals surface area (Å²) >= 11 is 0. The van der Waals surface area contributed by atoms with Crippen molar-refractivity contribution in [1.29, 1.82) is 0 Å². The second-order valence-electron chi connectivity index (χ2n) is 4.77. The minimum absolute atomic E-state index is 0. The lowest BCUT2D eigenvalue weighted by Gasteiger charge is -2.30. The van der Waals surface area contributed by atoms with Crippen LogP contribution in [-0.2, 0) is 9.53 Å². The number of hydrogen-bond acceptors (Lipinski definition) is 3. The van der Waals surface area contributed by atoms with Crippen LogP contribution >= 0.6 is 12.4 Å². The number of carbonyl (C=O) groups excluding carboxylic acids is 1. The zero-order valence-corrected chi connectivity index (χ0v) is 10.7. The molecule has 0 spiro atoms. The first-order valence-electron chi connectivity index (χ1n) is 5.35. The van der Waals surface area contributed by atoms with Crippen LogP contribution in [0.1, 0.15) is 33.1 Å².